The highest BCUT2D eigenvalue weighted by atomic mass is 35.5. The van der Waals surface area contributed by atoms with Crippen LogP contribution in [0.15, 0.2) is 46.2 Å². The number of carbonyl (C=O) groups excluding carboxylic acids is 1. The molecule has 0 spiro atoms. The Hall–Kier alpha value is -3.38. The number of aliphatic hydroxyl groups excluding tert-OH is 2. The number of anilines is 3. The number of aliphatic imine (C=N–C) groups is 1. The molecular formula is C23H25ClN6O4S. The van der Waals surface area contributed by atoms with Crippen LogP contribution in [0.3, 0.4) is 0 Å². The summed E-state index contributed by atoms with van der Waals surface area (Å²) in [4.78, 5) is 31.1. The van der Waals surface area contributed by atoms with Crippen LogP contribution in [-0.2, 0) is 6.54 Å². The van der Waals surface area contributed by atoms with Crippen molar-refractivity contribution in [2.45, 2.75) is 25.7 Å². The number of benzene rings is 2. The third-order valence-electron chi connectivity index (χ3n) is 5.66. The van der Waals surface area contributed by atoms with Gasteiger partial charge in [-0.3, -0.25) is 19.0 Å². The number of rotatable bonds is 7. The molecule has 2 heterocycles. The maximum Gasteiger partial charge on any atom is 0.271 e. The van der Waals surface area contributed by atoms with Gasteiger partial charge in [0.05, 0.1) is 18.2 Å². The van der Waals surface area contributed by atoms with Crippen molar-refractivity contribution in [2.24, 2.45) is 10.7 Å². The van der Waals surface area contributed by atoms with Crippen molar-refractivity contribution in [2.75, 3.05) is 24.3 Å². The zero-order valence-electron chi connectivity index (χ0n) is 19.0. The van der Waals surface area contributed by atoms with E-state index in [2.05, 4.69) is 20.0 Å². The first-order chi connectivity index (χ1) is 16.7. The van der Waals surface area contributed by atoms with Gasteiger partial charge in [-0.1, -0.05) is 23.7 Å². The zero-order valence-corrected chi connectivity index (χ0v) is 20.6. The largest absolute Gasteiger partial charge is 0.394 e. The fourth-order valence-corrected chi connectivity index (χ4v) is 4.94. The first-order valence-electron chi connectivity index (χ1n) is 10.8. The number of amides is 1. The van der Waals surface area contributed by atoms with Gasteiger partial charge in [0.25, 0.3) is 11.5 Å². The molecule has 0 saturated heterocycles. The number of fused-ring (bicyclic) bond motifs is 1. The van der Waals surface area contributed by atoms with Crippen LogP contribution in [0.4, 0.5) is 16.4 Å². The first-order valence-corrected chi connectivity index (χ1v) is 12.0. The van der Waals surface area contributed by atoms with Crippen LogP contribution in [-0.4, -0.2) is 50.9 Å². The molecule has 12 heteroatoms. The number of carbonyl (C=O) groups is 1. The number of H-pyrrole nitrogens is 1. The Morgan fingerprint density at radius 1 is 1.40 bits per heavy atom. The van der Waals surface area contributed by atoms with Gasteiger partial charge in [-0.25, -0.2) is 0 Å². The van der Waals surface area contributed by atoms with E-state index in [0.29, 0.717) is 32.5 Å². The molecule has 2 atom stereocenters. The topological polar surface area (TPSA) is 156 Å². The summed E-state index contributed by atoms with van der Waals surface area (Å²) in [6, 6.07) is 9.89. The summed E-state index contributed by atoms with van der Waals surface area (Å²) in [7, 11) is 1.68. The molecule has 2 unspecified atom stereocenters. The fraction of sp³-hybridized carbons (Fsp3) is 0.261. The Kier molecular flexibility index (Phi) is 7.13. The molecule has 10 nitrogen and oxygen atoms in total. The number of aliphatic hydroxyl groups is 2. The summed E-state index contributed by atoms with van der Waals surface area (Å²) < 4.78 is 2.63. The van der Waals surface area contributed by atoms with E-state index in [1.165, 1.54) is 4.90 Å². The van der Waals surface area contributed by atoms with Crippen LogP contribution in [0.1, 0.15) is 40.2 Å². The van der Waals surface area contributed by atoms with E-state index in [1.54, 1.807) is 44.3 Å². The normalized spacial score (nSPS) is 16.2. The third kappa shape index (κ3) is 4.76. The minimum Gasteiger partial charge on any atom is -0.394 e. The predicted molar refractivity (Wildman–Crippen MR) is 138 cm³/mol. The quantitative estimate of drug-likeness (QED) is 0.208. The monoisotopic (exact) mass is 516 g/mol. The molecule has 35 heavy (non-hydrogen) atoms. The second kappa shape index (κ2) is 10.1. The molecule has 1 amide bonds. The van der Waals surface area contributed by atoms with Gasteiger partial charge >= 0.3 is 0 Å². The van der Waals surface area contributed by atoms with Crippen LogP contribution < -0.4 is 21.9 Å². The van der Waals surface area contributed by atoms with E-state index in [9.17, 15) is 19.8 Å². The molecule has 1 aromatic heterocycles. The molecule has 2 aromatic carbocycles. The van der Waals surface area contributed by atoms with Gasteiger partial charge in [0.1, 0.15) is 16.4 Å². The second-order valence-electron chi connectivity index (χ2n) is 8.04. The molecule has 0 bridgehead atoms. The van der Waals surface area contributed by atoms with Gasteiger partial charge in [-0.2, -0.15) is 0 Å². The molecule has 1 aliphatic rings. The summed E-state index contributed by atoms with van der Waals surface area (Å²) in [5, 5.41) is 27.0. The molecule has 1 aliphatic heterocycles. The Bertz CT molecular complexity index is 1350. The number of nitrogens with zero attached hydrogens (tertiary/aromatic N) is 2. The van der Waals surface area contributed by atoms with Crippen molar-refractivity contribution in [3.63, 3.8) is 0 Å². The standard InChI is InChI=1S/C23H25ClN6O4S/c1-11(10-31)27-19(25)18-20(32)29-35-21(18)28-13-6-7-14(16(8-13)26-2)22(33)30-9-12-4-3-5-15(24)17(12)23(30)34/h3-8,11,23,26,28,31,34H,9-10H2,1-2H3,(H2,25,27)(H,29,32). The van der Waals surface area contributed by atoms with E-state index in [-0.39, 0.29) is 30.5 Å². The predicted octanol–water partition coefficient (Wildman–Crippen LogP) is 2.61. The highest BCUT2D eigenvalue weighted by molar-refractivity contribution is 7.10. The number of hydrogen-bond acceptors (Lipinski definition) is 8. The van der Waals surface area contributed by atoms with Crippen LogP contribution >= 0.6 is 23.1 Å². The number of aromatic amines is 1. The summed E-state index contributed by atoms with van der Waals surface area (Å²) in [6.07, 6.45) is -1.14. The van der Waals surface area contributed by atoms with Crippen LogP contribution in [0.25, 0.3) is 0 Å². The number of hydrogen-bond donors (Lipinski definition) is 6. The number of nitrogens with two attached hydrogens (primary N) is 1. The first kappa shape index (κ1) is 24.7. The van der Waals surface area contributed by atoms with Gasteiger partial charge in [-0.15, -0.1) is 0 Å². The molecule has 0 saturated carbocycles. The van der Waals surface area contributed by atoms with Crippen LogP contribution in [0.2, 0.25) is 5.02 Å². The lowest BCUT2D eigenvalue weighted by Gasteiger charge is -2.22. The minimum atomic E-state index is -1.14. The number of amidine groups is 1. The molecule has 0 radical (unpaired) electrons. The van der Waals surface area contributed by atoms with E-state index in [1.807, 2.05) is 6.07 Å². The van der Waals surface area contributed by atoms with E-state index < -0.39 is 17.8 Å². The van der Waals surface area contributed by atoms with Crippen molar-refractivity contribution in [1.82, 2.24) is 9.27 Å². The maximum absolute atomic E-state index is 13.3. The maximum atomic E-state index is 13.3. The van der Waals surface area contributed by atoms with Crippen molar-refractivity contribution in [1.29, 1.82) is 0 Å². The second-order valence-corrected chi connectivity index (χ2v) is 9.26. The lowest BCUT2D eigenvalue weighted by molar-refractivity contribution is 0.0145. The average molecular weight is 517 g/mol. The highest BCUT2D eigenvalue weighted by Crippen LogP contribution is 2.38. The van der Waals surface area contributed by atoms with Gasteiger partial charge in [0.15, 0.2) is 6.23 Å². The average Bonchev–Trinajstić information content (AvgIpc) is 3.38. The van der Waals surface area contributed by atoms with Gasteiger partial charge in [0, 0.05) is 35.6 Å². The minimum absolute atomic E-state index is 0.0124. The van der Waals surface area contributed by atoms with Crippen molar-refractivity contribution in [3.8, 4) is 0 Å². The Morgan fingerprint density at radius 2 is 2.17 bits per heavy atom. The molecule has 7 N–H and O–H groups in total. The fourth-order valence-electron chi connectivity index (χ4n) is 3.88. The summed E-state index contributed by atoms with van der Waals surface area (Å²) >= 11 is 7.30. The molecule has 184 valence electrons. The van der Waals surface area contributed by atoms with Crippen molar-refractivity contribution >= 4 is 51.3 Å². The van der Waals surface area contributed by atoms with Crippen molar-refractivity contribution < 1.29 is 15.0 Å². The molecule has 3 aromatic rings. The lowest BCUT2D eigenvalue weighted by atomic mass is 10.1. The number of nitrogens with one attached hydrogen (secondary N) is 3. The Balaban J connectivity index is 1.60. The van der Waals surface area contributed by atoms with E-state index in [4.69, 9.17) is 17.3 Å². The van der Waals surface area contributed by atoms with Crippen molar-refractivity contribution in [3.05, 3.63) is 74.0 Å². The molecule has 4 rings (SSSR count). The van der Waals surface area contributed by atoms with Crippen LogP contribution in [0.5, 0.6) is 0 Å². The Labute approximate surface area is 210 Å². The molecule has 0 fully saturated rings. The van der Waals surface area contributed by atoms with Crippen LogP contribution in [0, 0.1) is 0 Å². The zero-order chi connectivity index (χ0) is 25.3. The van der Waals surface area contributed by atoms with E-state index >= 15 is 0 Å². The van der Waals surface area contributed by atoms with E-state index in [0.717, 1.165) is 17.1 Å². The third-order valence-corrected chi connectivity index (χ3v) is 6.78. The SMILES string of the molecule is CNc1cc(Nc2s[nH]c(=O)c2C(N)=NC(C)CO)ccc1C(=O)N1Cc2cccc(Cl)c2C1O. The Morgan fingerprint density at radius 3 is 2.86 bits per heavy atom. The lowest BCUT2D eigenvalue weighted by Crippen LogP contribution is -2.30. The van der Waals surface area contributed by atoms with Gasteiger partial charge in [0.2, 0.25) is 0 Å². The number of aromatic nitrogens is 1. The summed E-state index contributed by atoms with van der Waals surface area (Å²) in [6.45, 7) is 1.72. The summed E-state index contributed by atoms with van der Waals surface area (Å²) in [5.41, 5.74) is 8.61. The van der Waals surface area contributed by atoms with Gasteiger partial charge < -0.3 is 31.5 Å². The molecular weight excluding hydrogens is 492 g/mol. The smallest absolute Gasteiger partial charge is 0.271 e. The highest BCUT2D eigenvalue weighted by Gasteiger charge is 2.35. The number of halogens is 1. The summed E-state index contributed by atoms with van der Waals surface area (Å²) in [5.74, 6) is -0.347. The van der Waals surface area contributed by atoms with Gasteiger partial charge in [-0.05, 0) is 48.3 Å². The molecule has 0 aliphatic carbocycles.